The van der Waals surface area contributed by atoms with Crippen LogP contribution in [0.2, 0.25) is 0 Å². The summed E-state index contributed by atoms with van der Waals surface area (Å²) in [6, 6.07) is 17.0. The third-order valence-corrected chi connectivity index (χ3v) is 5.60. The maximum Gasteiger partial charge on any atom is 2.00 e. The van der Waals surface area contributed by atoms with Crippen LogP contribution in [-0.2, 0) is 19.5 Å². The third kappa shape index (κ3) is 10.5. The minimum atomic E-state index is -0.342. The Morgan fingerprint density at radius 1 is 0.718 bits per heavy atom. The summed E-state index contributed by atoms with van der Waals surface area (Å²) < 4.78 is 1.70. The molecule has 13 heteroatoms. The molecular weight excluding hydrogens is 686 g/mol. The largest absolute Gasteiger partial charge is 2.00 e. The molecule has 2 aromatic heterocycles. The average Bonchev–Trinajstić information content (AvgIpc) is 2.93. The third-order valence-electron chi connectivity index (χ3n) is 4.61. The van der Waals surface area contributed by atoms with E-state index in [1.807, 2.05) is 0 Å². The molecule has 2 amide bonds. The first-order valence-corrected chi connectivity index (χ1v) is 12.4. The number of amides is 2. The number of hydrogen-bond donors (Lipinski definition) is 2. The van der Waals surface area contributed by atoms with E-state index in [9.17, 15) is 9.59 Å². The van der Waals surface area contributed by atoms with Gasteiger partial charge in [-0.15, -0.1) is 0 Å². The zero-order valence-corrected chi connectivity index (χ0v) is 26.4. The number of hydrogen-bond acceptors (Lipinski definition) is 6. The van der Waals surface area contributed by atoms with E-state index in [1.165, 1.54) is 24.8 Å². The second kappa shape index (κ2) is 16.2. The monoisotopic (exact) mass is 704 g/mol. The van der Waals surface area contributed by atoms with Crippen LogP contribution < -0.4 is 10.9 Å². The zero-order chi connectivity index (χ0) is 27.3. The number of carbonyl (C=O) groups is 2. The van der Waals surface area contributed by atoms with Gasteiger partial charge in [0, 0.05) is 45.9 Å². The molecule has 0 unspecified atom stereocenters. The van der Waals surface area contributed by atoms with Gasteiger partial charge in [0.2, 0.25) is 0 Å². The molecule has 0 aliphatic heterocycles. The Bertz CT molecular complexity index is 1350. The normalized spacial score (nSPS) is 10.3. The minimum absolute atomic E-state index is 0. The summed E-state index contributed by atoms with van der Waals surface area (Å²) in [4.78, 5) is 31.0. The molecule has 0 aliphatic carbocycles. The molecule has 0 spiro atoms. The van der Waals surface area contributed by atoms with Crippen LogP contribution in [0.4, 0.5) is 0 Å². The summed E-state index contributed by atoms with van der Waals surface area (Å²) in [5, 5.41) is 23.0. The zero-order valence-electron chi connectivity index (χ0n) is 20.3. The number of carbonyl (C=O) groups excluding carboxylic acids is 2. The molecule has 0 atom stereocenters. The predicted octanol–water partition coefficient (Wildman–Crippen LogP) is 4.09. The second-order valence-electron chi connectivity index (χ2n) is 7.34. The number of nitrogens with zero attached hydrogens (tertiary/aromatic N) is 4. The van der Waals surface area contributed by atoms with Crippen LogP contribution in [0.3, 0.4) is 0 Å². The summed E-state index contributed by atoms with van der Waals surface area (Å²) in [5.74, 6) is -0.0121. The number of halogens is 2. The van der Waals surface area contributed by atoms with Gasteiger partial charge in [-0.1, -0.05) is 31.9 Å². The first kappa shape index (κ1) is 31.4. The van der Waals surface area contributed by atoms with E-state index in [0.717, 1.165) is 8.95 Å². The number of rotatable bonds is 6. The predicted molar refractivity (Wildman–Crippen MR) is 153 cm³/mol. The van der Waals surface area contributed by atoms with Crippen molar-refractivity contribution >= 4 is 56.1 Å². The molecule has 39 heavy (non-hydrogen) atoms. The number of nitrogens with one attached hydrogen (secondary N) is 2. The van der Waals surface area contributed by atoms with E-state index in [1.54, 1.807) is 73.1 Å². The molecule has 0 bridgehead atoms. The minimum Gasteiger partial charge on any atom is -0.593 e. The number of hydrazone groups is 2. The Labute approximate surface area is 253 Å². The van der Waals surface area contributed by atoms with Crippen molar-refractivity contribution in [2.75, 3.05) is 0 Å². The van der Waals surface area contributed by atoms with Gasteiger partial charge in [-0.2, -0.15) is 10.2 Å². The van der Waals surface area contributed by atoms with E-state index < -0.39 is 0 Å². The topological polar surface area (TPSA) is 154 Å². The quantitative estimate of drug-likeness (QED) is 0.134. The molecular formula is C26H22Br2N6O4Zn+4. The second-order valence-corrected chi connectivity index (χ2v) is 9.18. The van der Waals surface area contributed by atoms with Gasteiger partial charge in [-0.3, -0.25) is 19.6 Å². The summed E-state index contributed by atoms with van der Waals surface area (Å²) in [6.07, 6.45) is 8.96. The number of pyridine rings is 2. The van der Waals surface area contributed by atoms with E-state index >= 15 is 0 Å². The van der Waals surface area contributed by atoms with Crippen LogP contribution >= 0.6 is 31.9 Å². The van der Waals surface area contributed by atoms with Crippen molar-refractivity contribution in [2.45, 2.75) is 0 Å². The Morgan fingerprint density at radius 2 is 1.13 bits per heavy atom. The van der Waals surface area contributed by atoms with E-state index in [0.29, 0.717) is 33.8 Å². The van der Waals surface area contributed by atoms with Crippen LogP contribution in [-0.4, -0.2) is 44.4 Å². The molecule has 0 radical (unpaired) electrons. The SMILES string of the molecule is O=C(NN=Cc1cc(Br)ccc1[OH2+])c1cccnc1.O=C(NN=Cc1cc(Br)ccc1[OH2+])c1cccnc1.[Zn+2]. The van der Waals surface area contributed by atoms with Gasteiger partial charge in [0.25, 0.3) is 23.3 Å². The molecule has 10 nitrogen and oxygen atoms in total. The van der Waals surface area contributed by atoms with Crippen molar-refractivity contribution in [1.29, 1.82) is 0 Å². The maximum absolute atomic E-state index is 11.7. The fourth-order valence-corrected chi connectivity index (χ4v) is 3.48. The Hall–Kier alpha value is -3.80. The summed E-state index contributed by atoms with van der Waals surface area (Å²) in [7, 11) is 0. The van der Waals surface area contributed by atoms with Gasteiger partial charge in [0.05, 0.1) is 34.7 Å². The van der Waals surface area contributed by atoms with Gasteiger partial charge < -0.3 is 10.2 Å². The summed E-state index contributed by atoms with van der Waals surface area (Å²) in [6.45, 7) is 0. The van der Waals surface area contributed by atoms with Crippen molar-refractivity contribution in [1.82, 2.24) is 20.8 Å². The van der Waals surface area contributed by atoms with Gasteiger partial charge in [-0.05, 0) is 48.5 Å². The average molecular weight is 708 g/mol. The molecule has 4 rings (SSSR count). The molecule has 0 saturated carbocycles. The van der Waals surface area contributed by atoms with Gasteiger partial charge in [0.15, 0.2) is 0 Å². The molecule has 2 aromatic carbocycles. The van der Waals surface area contributed by atoms with E-state index in [2.05, 4.69) is 62.9 Å². The number of benzene rings is 2. The Morgan fingerprint density at radius 3 is 1.49 bits per heavy atom. The van der Waals surface area contributed by atoms with Crippen molar-refractivity contribution in [3.8, 4) is 11.5 Å². The molecule has 192 valence electrons. The Balaban J connectivity index is 0.000000267. The molecule has 0 fully saturated rings. The van der Waals surface area contributed by atoms with Gasteiger partial charge >= 0.3 is 19.5 Å². The van der Waals surface area contributed by atoms with Crippen molar-refractivity contribution in [3.05, 3.63) is 117 Å². The number of aromatic nitrogens is 2. The van der Waals surface area contributed by atoms with Crippen LogP contribution in [0, 0.1) is 0 Å². The van der Waals surface area contributed by atoms with Crippen LogP contribution in [0.1, 0.15) is 31.8 Å². The molecule has 0 saturated heterocycles. The van der Waals surface area contributed by atoms with E-state index in [4.69, 9.17) is 10.2 Å². The Kier molecular flexibility index (Phi) is 13.1. The maximum atomic E-state index is 11.7. The van der Waals surface area contributed by atoms with Gasteiger partial charge in [0.1, 0.15) is 0 Å². The fraction of sp³-hybridized carbons (Fsp3) is 0. The fourth-order valence-electron chi connectivity index (χ4n) is 2.72. The van der Waals surface area contributed by atoms with Gasteiger partial charge in [-0.25, -0.2) is 10.9 Å². The van der Waals surface area contributed by atoms with E-state index in [-0.39, 0.29) is 31.3 Å². The van der Waals surface area contributed by atoms with Crippen LogP contribution in [0.25, 0.3) is 0 Å². The van der Waals surface area contributed by atoms with Crippen molar-refractivity contribution in [3.63, 3.8) is 0 Å². The smallest absolute Gasteiger partial charge is 0.593 e. The summed E-state index contributed by atoms with van der Waals surface area (Å²) >= 11 is 6.63. The van der Waals surface area contributed by atoms with Crippen molar-refractivity contribution < 1.29 is 39.3 Å². The van der Waals surface area contributed by atoms with Crippen LogP contribution in [0.5, 0.6) is 11.5 Å². The standard InChI is InChI=1S/2C13H10BrN3O2.Zn/c2*14-11-3-4-12(18)10(6-11)8-16-17-13(19)9-2-1-5-15-7-9;/h2*1-8,18H,(H,17,19);/q;;+2/p+2. The van der Waals surface area contributed by atoms with Crippen molar-refractivity contribution in [2.24, 2.45) is 10.2 Å². The molecule has 0 aliphatic rings. The summed E-state index contributed by atoms with van der Waals surface area (Å²) in [5.41, 5.74) is 6.86. The molecule has 6 N–H and O–H groups in total. The molecule has 2 heterocycles. The first-order chi connectivity index (χ1) is 18.3. The van der Waals surface area contributed by atoms with Crippen LogP contribution in [0.15, 0.2) is 105 Å². The first-order valence-electron chi connectivity index (χ1n) is 10.8. The molecule has 4 aromatic rings.